The maximum atomic E-state index is 14.4. The van der Waals surface area contributed by atoms with Gasteiger partial charge in [-0.2, -0.15) is 0 Å². The summed E-state index contributed by atoms with van der Waals surface area (Å²) in [5, 5.41) is 0. The molecule has 0 radical (unpaired) electrons. The van der Waals surface area contributed by atoms with E-state index in [0.717, 1.165) is 45.5 Å². The normalized spacial score (nSPS) is 16.9. The van der Waals surface area contributed by atoms with Crippen molar-refractivity contribution in [2.45, 2.75) is 12.1 Å². The van der Waals surface area contributed by atoms with Gasteiger partial charge in [0, 0.05) is 11.4 Å². The van der Waals surface area contributed by atoms with Gasteiger partial charge in [0.1, 0.15) is 23.0 Å². The first-order chi connectivity index (χ1) is 18.6. The number of ether oxygens (including phenoxy) is 4. The van der Waals surface area contributed by atoms with Crippen LogP contribution in [0.5, 0.6) is 23.0 Å². The topological polar surface area (TPSA) is 60.5 Å². The second kappa shape index (κ2) is 10.8. The van der Waals surface area contributed by atoms with E-state index in [2.05, 4.69) is 0 Å². The number of rotatable bonds is 8. The summed E-state index contributed by atoms with van der Waals surface area (Å²) in [4.78, 5) is 18.1. The van der Waals surface area contributed by atoms with Gasteiger partial charge in [0.05, 0.1) is 40.5 Å². The molecule has 5 rings (SSSR count). The van der Waals surface area contributed by atoms with Crippen LogP contribution < -0.4 is 28.7 Å². The molecule has 0 aromatic heterocycles. The fraction of sp³-hybridized carbons (Fsp3) is 0.194. The number of nitrogens with zero attached hydrogens (tertiary/aromatic N) is 2. The van der Waals surface area contributed by atoms with Gasteiger partial charge in [0.25, 0.3) is 0 Å². The van der Waals surface area contributed by atoms with Gasteiger partial charge in [-0.05, 0) is 83.9 Å². The maximum absolute atomic E-state index is 14.4. The largest absolute Gasteiger partial charge is 0.497 e. The number of urea groups is 1. The summed E-state index contributed by atoms with van der Waals surface area (Å²) < 4.78 is 21.6. The highest BCUT2D eigenvalue weighted by atomic mass is 16.5. The minimum absolute atomic E-state index is 0.137. The highest BCUT2D eigenvalue weighted by Crippen LogP contribution is 2.49. The molecule has 4 aromatic rings. The van der Waals surface area contributed by atoms with Crippen molar-refractivity contribution in [3.8, 4) is 23.0 Å². The Bertz CT molecular complexity index is 1260. The lowest BCUT2D eigenvalue weighted by Gasteiger charge is -2.29. The van der Waals surface area contributed by atoms with Gasteiger partial charge in [-0.15, -0.1) is 0 Å². The van der Waals surface area contributed by atoms with Crippen LogP contribution in [0.2, 0.25) is 0 Å². The molecule has 7 heteroatoms. The van der Waals surface area contributed by atoms with Crippen LogP contribution in [0.1, 0.15) is 23.2 Å². The first kappa shape index (κ1) is 25.0. The molecule has 38 heavy (non-hydrogen) atoms. The Morgan fingerprint density at radius 3 is 0.974 bits per heavy atom. The molecule has 0 aliphatic carbocycles. The van der Waals surface area contributed by atoms with Crippen LogP contribution in [-0.2, 0) is 0 Å². The van der Waals surface area contributed by atoms with E-state index in [9.17, 15) is 4.79 Å². The van der Waals surface area contributed by atoms with Gasteiger partial charge in [0.2, 0.25) is 0 Å². The number of methoxy groups -OCH3 is 4. The van der Waals surface area contributed by atoms with Crippen LogP contribution in [0.4, 0.5) is 16.2 Å². The van der Waals surface area contributed by atoms with Gasteiger partial charge in [-0.3, -0.25) is 9.80 Å². The highest BCUT2D eigenvalue weighted by Gasteiger charge is 2.48. The number of anilines is 2. The van der Waals surface area contributed by atoms with E-state index in [0.29, 0.717) is 0 Å². The number of benzene rings is 4. The van der Waals surface area contributed by atoms with E-state index >= 15 is 0 Å². The zero-order chi connectivity index (χ0) is 26.6. The second-order valence-corrected chi connectivity index (χ2v) is 8.85. The van der Waals surface area contributed by atoms with Crippen molar-refractivity contribution >= 4 is 17.4 Å². The van der Waals surface area contributed by atoms with Gasteiger partial charge in [-0.1, -0.05) is 24.3 Å². The Morgan fingerprint density at radius 2 is 0.711 bits per heavy atom. The summed E-state index contributed by atoms with van der Waals surface area (Å²) in [7, 11) is 6.54. The molecule has 0 saturated carbocycles. The molecule has 1 fully saturated rings. The smallest absolute Gasteiger partial charge is 0.330 e. The van der Waals surface area contributed by atoms with Crippen molar-refractivity contribution in [2.75, 3.05) is 38.2 Å². The van der Waals surface area contributed by atoms with E-state index in [1.807, 2.05) is 107 Å². The molecule has 0 N–H and O–H groups in total. The number of carbonyl (C=O) groups excluding carboxylic acids is 1. The fourth-order valence-corrected chi connectivity index (χ4v) is 4.93. The molecule has 0 spiro atoms. The molecular weight excluding hydrogens is 480 g/mol. The highest BCUT2D eigenvalue weighted by molar-refractivity contribution is 6.08. The van der Waals surface area contributed by atoms with Crippen molar-refractivity contribution < 1.29 is 23.7 Å². The van der Waals surface area contributed by atoms with E-state index in [1.54, 1.807) is 28.4 Å². The van der Waals surface area contributed by atoms with Gasteiger partial charge < -0.3 is 18.9 Å². The van der Waals surface area contributed by atoms with E-state index < -0.39 is 0 Å². The number of carbonyl (C=O) groups is 1. The standard InChI is InChI=1S/C31H30N2O5/c1-35-25-13-5-21(6-14-25)29-30(22-7-15-26(36-2)16-8-22)33(24-11-19-28(38-4)20-12-24)31(34)32(29)23-9-17-27(37-3)18-10-23/h5-20,29-30H,1-4H3/t29-,30-/m1/s1. The number of hydrogen-bond acceptors (Lipinski definition) is 5. The summed E-state index contributed by atoms with van der Waals surface area (Å²) in [6.45, 7) is 0. The van der Waals surface area contributed by atoms with E-state index in [4.69, 9.17) is 18.9 Å². The summed E-state index contributed by atoms with van der Waals surface area (Å²) >= 11 is 0. The summed E-state index contributed by atoms with van der Waals surface area (Å²) in [6, 6.07) is 30.1. The summed E-state index contributed by atoms with van der Waals surface area (Å²) in [5.41, 5.74) is 3.50. The van der Waals surface area contributed by atoms with Crippen LogP contribution in [0.15, 0.2) is 97.1 Å². The molecule has 7 nitrogen and oxygen atoms in total. The van der Waals surface area contributed by atoms with Gasteiger partial charge in [-0.25, -0.2) is 4.79 Å². The molecule has 2 amide bonds. The van der Waals surface area contributed by atoms with Gasteiger partial charge >= 0.3 is 6.03 Å². The molecule has 1 aliphatic rings. The molecule has 4 aromatic carbocycles. The fourth-order valence-electron chi connectivity index (χ4n) is 4.93. The molecule has 194 valence electrons. The van der Waals surface area contributed by atoms with Crippen molar-refractivity contribution in [2.24, 2.45) is 0 Å². The average Bonchev–Trinajstić information content (AvgIpc) is 3.29. The Labute approximate surface area is 222 Å². The lowest BCUT2D eigenvalue weighted by molar-refractivity contribution is 0.255. The summed E-state index contributed by atoms with van der Waals surface area (Å²) in [6.07, 6.45) is 0. The molecule has 0 unspecified atom stereocenters. The van der Waals surface area contributed by atoms with E-state index in [1.165, 1.54) is 0 Å². The Hall–Kier alpha value is -4.65. The zero-order valence-corrected chi connectivity index (χ0v) is 21.8. The Balaban J connectivity index is 1.71. The SMILES string of the molecule is COc1ccc([C@@H]2[C@@H](c3ccc(OC)cc3)N(c3ccc(OC)cc3)C(=O)N2c2ccc(OC)cc2)cc1. The predicted molar refractivity (Wildman–Crippen MR) is 148 cm³/mol. The van der Waals surface area contributed by atoms with Crippen molar-refractivity contribution in [3.63, 3.8) is 0 Å². The molecule has 1 aliphatic heterocycles. The minimum atomic E-state index is -0.336. The lowest BCUT2D eigenvalue weighted by Crippen LogP contribution is -2.32. The van der Waals surface area contributed by atoms with Crippen LogP contribution in [0.3, 0.4) is 0 Å². The number of amides is 2. The van der Waals surface area contributed by atoms with Gasteiger partial charge in [0.15, 0.2) is 0 Å². The van der Waals surface area contributed by atoms with Crippen LogP contribution in [-0.4, -0.2) is 34.5 Å². The van der Waals surface area contributed by atoms with Crippen molar-refractivity contribution in [1.82, 2.24) is 0 Å². The Morgan fingerprint density at radius 1 is 0.447 bits per heavy atom. The third-order valence-electron chi connectivity index (χ3n) is 6.88. The third kappa shape index (κ3) is 4.59. The Kier molecular flexibility index (Phi) is 7.09. The lowest BCUT2D eigenvalue weighted by atomic mass is 9.92. The average molecular weight is 511 g/mol. The van der Waals surface area contributed by atoms with Crippen LogP contribution in [0, 0.1) is 0 Å². The molecule has 1 saturated heterocycles. The van der Waals surface area contributed by atoms with E-state index in [-0.39, 0.29) is 18.1 Å². The first-order valence-electron chi connectivity index (χ1n) is 12.3. The zero-order valence-electron chi connectivity index (χ0n) is 21.8. The minimum Gasteiger partial charge on any atom is -0.497 e. The predicted octanol–water partition coefficient (Wildman–Crippen LogP) is 6.65. The molecule has 1 heterocycles. The monoisotopic (exact) mass is 510 g/mol. The van der Waals surface area contributed by atoms with Crippen LogP contribution >= 0.6 is 0 Å². The third-order valence-corrected chi connectivity index (χ3v) is 6.88. The molecule has 2 atom stereocenters. The first-order valence-corrected chi connectivity index (χ1v) is 12.3. The maximum Gasteiger partial charge on any atom is 0.330 e. The number of hydrogen-bond donors (Lipinski definition) is 0. The van der Waals surface area contributed by atoms with Crippen molar-refractivity contribution in [3.05, 3.63) is 108 Å². The van der Waals surface area contributed by atoms with Crippen LogP contribution in [0.25, 0.3) is 0 Å². The summed E-state index contributed by atoms with van der Waals surface area (Å²) in [5.74, 6) is 2.95. The second-order valence-electron chi connectivity index (χ2n) is 8.85. The quantitative estimate of drug-likeness (QED) is 0.266. The van der Waals surface area contributed by atoms with Crippen molar-refractivity contribution in [1.29, 1.82) is 0 Å². The molecular formula is C31H30N2O5. The molecule has 0 bridgehead atoms.